The van der Waals surface area contributed by atoms with E-state index in [4.69, 9.17) is 26.2 Å². The van der Waals surface area contributed by atoms with Gasteiger partial charge in [-0.05, 0) is 49.7 Å². The Morgan fingerprint density at radius 3 is 2.42 bits per heavy atom. The zero-order chi connectivity index (χ0) is 27.7. The highest BCUT2D eigenvalue weighted by Gasteiger charge is 2.24. The third-order valence-corrected chi connectivity index (χ3v) is 5.96. The number of halogens is 1. The van der Waals surface area contributed by atoms with E-state index >= 15 is 0 Å². The second-order valence-electron chi connectivity index (χ2n) is 9.73. The van der Waals surface area contributed by atoms with Crippen LogP contribution in [0.15, 0.2) is 54.6 Å². The molecule has 204 valence electrons. The van der Waals surface area contributed by atoms with Gasteiger partial charge in [-0.2, -0.15) is 5.10 Å². The predicted molar refractivity (Wildman–Crippen MR) is 151 cm³/mol. The van der Waals surface area contributed by atoms with E-state index in [-0.39, 0.29) is 17.9 Å². The minimum absolute atomic E-state index is 0.162. The molecule has 0 spiro atoms. The SMILES string of the molecule is CCOc1ccc(NC(=O)N(CCCOC)CC(=O)Nc2cc(C(C)(C)C)nn2-c2ccccc2Cl)cc1. The van der Waals surface area contributed by atoms with Crippen LogP contribution in [0.5, 0.6) is 5.75 Å². The van der Waals surface area contributed by atoms with Crippen molar-refractivity contribution >= 4 is 35.0 Å². The number of benzene rings is 2. The molecule has 38 heavy (non-hydrogen) atoms. The van der Waals surface area contributed by atoms with Crippen molar-refractivity contribution in [3.63, 3.8) is 0 Å². The van der Waals surface area contributed by atoms with Crippen LogP contribution in [0.4, 0.5) is 16.3 Å². The second-order valence-corrected chi connectivity index (χ2v) is 10.1. The van der Waals surface area contributed by atoms with Crippen LogP contribution in [0.25, 0.3) is 5.69 Å². The van der Waals surface area contributed by atoms with Gasteiger partial charge in [-0.1, -0.05) is 44.5 Å². The average Bonchev–Trinajstić information content (AvgIpc) is 3.29. The summed E-state index contributed by atoms with van der Waals surface area (Å²) in [7, 11) is 1.60. The summed E-state index contributed by atoms with van der Waals surface area (Å²) in [6, 6.07) is 15.8. The van der Waals surface area contributed by atoms with Gasteiger partial charge in [0.25, 0.3) is 0 Å². The standard InChI is InChI=1S/C28H36ClN5O4/c1-6-38-21-14-12-20(13-15-21)30-27(36)33(16-9-17-37-5)19-26(35)31-25-18-24(28(2,3)4)32-34(25)23-11-8-7-10-22(23)29/h7-8,10-15,18H,6,9,16-17,19H2,1-5H3,(H,30,36)(H,31,35). The van der Waals surface area contributed by atoms with E-state index in [2.05, 4.69) is 10.6 Å². The molecule has 3 amide bonds. The summed E-state index contributed by atoms with van der Waals surface area (Å²) in [6.07, 6.45) is 0.576. The number of para-hydroxylation sites is 1. The fraction of sp³-hybridized carbons (Fsp3) is 0.393. The van der Waals surface area contributed by atoms with Gasteiger partial charge in [0.15, 0.2) is 0 Å². The lowest BCUT2D eigenvalue weighted by atomic mass is 9.92. The Bertz CT molecular complexity index is 1220. The molecule has 0 bridgehead atoms. The lowest BCUT2D eigenvalue weighted by molar-refractivity contribution is -0.116. The third-order valence-electron chi connectivity index (χ3n) is 5.64. The molecular weight excluding hydrogens is 506 g/mol. The maximum absolute atomic E-state index is 13.2. The molecule has 0 aliphatic heterocycles. The largest absolute Gasteiger partial charge is 0.494 e. The molecule has 0 unspecified atom stereocenters. The normalized spacial score (nSPS) is 11.2. The van der Waals surface area contributed by atoms with Crippen molar-refractivity contribution in [2.45, 2.75) is 39.5 Å². The van der Waals surface area contributed by atoms with E-state index < -0.39 is 6.03 Å². The number of urea groups is 1. The van der Waals surface area contributed by atoms with E-state index in [0.717, 1.165) is 5.69 Å². The molecule has 9 nitrogen and oxygen atoms in total. The number of carbonyl (C=O) groups excluding carboxylic acids is 2. The van der Waals surface area contributed by atoms with Gasteiger partial charge < -0.3 is 25.0 Å². The van der Waals surface area contributed by atoms with Crippen LogP contribution < -0.4 is 15.4 Å². The van der Waals surface area contributed by atoms with Gasteiger partial charge in [-0.15, -0.1) is 0 Å². The highest BCUT2D eigenvalue weighted by Crippen LogP contribution is 2.29. The fourth-order valence-electron chi connectivity index (χ4n) is 3.66. The number of nitrogens with zero attached hydrogens (tertiary/aromatic N) is 3. The van der Waals surface area contributed by atoms with E-state index in [9.17, 15) is 9.59 Å². The van der Waals surface area contributed by atoms with Crippen molar-refractivity contribution in [2.75, 3.05) is 44.0 Å². The monoisotopic (exact) mass is 541 g/mol. The number of aromatic nitrogens is 2. The van der Waals surface area contributed by atoms with Crippen LogP contribution in [-0.4, -0.2) is 60.0 Å². The Kier molecular flexibility index (Phi) is 10.2. The lowest BCUT2D eigenvalue weighted by Gasteiger charge is -2.23. The summed E-state index contributed by atoms with van der Waals surface area (Å²) in [6.45, 7) is 9.22. The summed E-state index contributed by atoms with van der Waals surface area (Å²) in [5.74, 6) is 0.821. The quantitative estimate of drug-likeness (QED) is 0.302. The molecule has 1 heterocycles. The van der Waals surface area contributed by atoms with Crippen molar-refractivity contribution in [1.82, 2.24) is 14.7 Å². The van der Waals surface area contributed by atoms with Gasteiger partial charge in [0, 0.05) is 37.4 Å². The number of amides is 3. The topological polar surface area (TPSA) is 97.7 Å². The number of rotatable bonds is 11. The maximum atomic E-state index is 13.2. The van der Waals surface area contributed by atoms with Crippen molar-refractivity contribution in [1.29, 1.82) is 0 Å². The summed E-state index contributed by atoms with van der Waals surface area (Å²) in [5, 5.41) is 11.0. The number of hydrogen-bond acceptors (Lipinski definition) is 5. The molecule has 0 saturated carbocycles. The van der Waals surface area contributed by atoms with Gasteiger partial charge in [-0.3, -0.25) is 4.79 Å². The number of carbonyl (C=O) groups is 2. The fourth-order valence-corrected chi connectivity index (χ4v) is 3.87. The Hall–Kier alpha value is -3.56. The maximum Gasteiger partial charge on any atom is 0.322 e. The molecule has 0 saturated heterocycles. The Morgan fingerprint density at radius 2 is 1.79 bits per heavy atom. The Morgan fingerprint density at radius 1 is 1.08 bits per heavy atom. The van der Waals surface area contributed by atoms with Gasteiger partial charge in [0.1, 0.15) is 18.1 Å². The second kappa shape index (κ2) is 13.3. The summed E-state index contributed by atoms with van der Waals surface area (Å²) in [4.78, 5) is 27.8. The van der Waals surface area contributed by atoms with Crippen LogP contribution in [-0.2, 0) is 14.9 Å². The first-order valence-corrected chi connectivity index (χ1v) is 12.9. The van der Waals surface area contributed by atoms with E-state index in [1.807, 2.05) is 52.0 Å². The minimum Gasteiger partial charge on any atom is -0.494 e. The summed E-state index contributed by atoms with van der Waals surface area (Å²) < 4.78 is 12.2. The first-order valence-electron chi connectivity index (χ1n) is 12.6. The van der Waals surface area contributed by atoms with E-state index in [0.29, 0.717) is 54.1 Å². The Balaban J connectivity index is 1.78. The number of ether oxygens (including phenoxy) is 2. The van der Waals surface area contributed by atoms with Gasteiger partial charge >= 0.3 is 6.03 Å². The molecule has 0 radical (unpaired) electrons. The summed E-state index contributed by atoms with van der Waals surface area (Å²) >= 11 is 6.44. The minimum atomic E-state index is -0.393. The molecule has 2 N–H and O–H groups in total. The Labute approximate surface area is 229 Å². The molecule has 3 aromatic rings. The molecule has 3 rings (SSSR count). The molecule has 2 aromatic carbocycles. The highest BCUT2D eigenvalue weighted by molar-refractivity contribution is 6.32. The van der Waals surface area contributed by atoms with Gasteiger partial charge in [-0.25, -0.2) is 9.48 Å². The van der Waals surface area contributed by atoms with Crippen LogP contribution in [0.1, 0.15) is 39.8 Å². The van der Waals surface area contributed by atoms with Crippen molar-refractivity contribution < 1.29 is 19.1 Å². The number of anilines is 2. The zero-order valence-corrected chi connectivity index (χ0v) is 23.3. The first kappa shape index (κ1) is 29.0. The molecule has 10 heteroatoms. The third kappa shape index (κ3) is 7.97. The van der Waals surface area contributed by atoms with Crippen LogP contribution >= 0.6 is 11.6 Å². The predicted octanol–water partition coefficient (Wildman–Crippen LogP) is 5.73. The van der Waals surface area contributed by atoms with E-state index in [1.165, 1.54) is 4.90 Å². The van der Waals surface area contributed by atoms with Crippen LogP contribution in [0.3, 0.4) is 0 Å². The zero-order valence-electron chi connectivity index (χ0n) is 22.6. The smallest absolute Gasteiger partial charge is 0.322 e. The number of methoxy groups -OCH3 is 1. The molecule has 0 atom stereocenters. The van der Waals surface area contributed by atoms with Crippen molar-refractivity contribution in [2.24, 2.45) is 0 Å². The molecule has 1 aromatic heterocycles. The molecule has 0 fully saturated rings. The lowest BCUT2D eigenvalue weighted by Crippen LogP contribution is -2.41. The van der Waals surface area contributed by atoms with Crippen molar-refractivity contribution in [3.8, 4) is 11.4 Å². The number of hydrogen-bond donors (Lipinski definition) is 2. The van der Waals surface area contributed by atoms with E-state index in [1.54, 1.807) is 42.1 Å². The first-order chi connectivity index (χ1) is 18.1. The molecular formula is C28H36ClN5O4. The summed E-state index contributed by atoms with van der Waals surface area (Å²) in [5.41, 5.74) is 1.78. The number of nitrogens with one attached hydrogen (secondary N) is 2. The van der Waals surface area contributed by atoms with Gasteiger partial charge in [0.05, 0.1) is 23.0 Å². The van der Waals surface area contributed by atoms with Crippen LogP contribution in [0, 0.1) is 0 Å². The van der Waals surface area contributed by atoms with Crippen LogP contribution in [0.2, 0.25) is 5.02 Å². The molecule has 0 aliphatic rings. The van der Waals surface area contributed by atoms with Crippen molar-refractivity contribution in [3.05, 3.63) is 65.3 Å². The van der Waals surface area contributed by atoms with Gasteiger partial charge in [0.2, 0.25) is 5.91 Å². The average molecular weight is 542 g/mol. The molecule has 0 aliphatic carbocycles. The highest BCUT2D eigenvalue weighted by atomic mass is 35.5.